The summed E-state index contributed by atoms with van der Waals surface area (Å²) in [4.78, 5) is 40.0. The molecule has 2 N–H and O–H groups in total. The van der Waals surface area contributed by atoms with Gasteiger partial charge in [-0.2, -0.15) is 0 Å². The number of carbonyl (C=O) groups is 3. The van der Waals surface area contributed by atoms with E-state index in [0.717, 1.165) is 38.8 Å². The number of hydrogen-bond donors (Lipinski definition) is 2. The number of anilines is 1. The van der Waals surface area contributed by atoms with Crippen molar-refractivity contribution in [3.63, 3.8) is 0 Å². The van der Waals surface area contributed by atoms with Crippen molar-refractivity contribution in [1.29, 1.82) is 0 Å². The molecule has 146 valence electrons. The standard InChI is InChI=1S/C19H25ClN4O3/c1-23(12-17(25)22-14-5-6-14)18(26)11-21-16-7-4-13(20)10-15(16)19(27)24-8-2-3-9-24/h4,7,10,14,21H,2-3,5-6,8-9,11-12H2,1H3,(H,22,25). The molecule has 1 aromatic carbocycles. The molecular weight excluding hydrogens is 368 g/mol. The van der Waals surface area contributed by atoms with Gasteiger partial charge in [-0.15, -0.1) is 0 Å². The van der Waals surface area contributed by atoms with Crippen LogP contribution in [0.15, 0.2) is 18.2 Å². The molecule has 0 spiro atoms. The van der Waals surface area contributed by atoms with E-state index < -0.39 is 0 Å². The van der Waals surface area contributed by atoms with E-state index >= 15 is 0 Å². The highest BCUT2D eigenvalue weighted by Crippen LogP contribution is 2.24. The molecule has 1 aromatic rings. The van der Waals surface area contributed by atoms with Gasteiger partial charge in [-0.1, -0.05) is 11.6 Å². The third-order valence-electron chi connectivity index (χ3n) is 4.78. The van der Waals surface area contributed by atoms with Crippen molar-refractivity contribution in [3.8, 4) is 0 Å². The van der Waals surface area contributed by atoms with E-state index in [1.165, 1.54) is 4.90 Å². The van der Waals surface area contributed by atoms with Crippen molar-refractivity contribution in [2.75, 3.05) is 38.5 Å². The van der Waals surface area contributed by atoms with Crippen LogP contribution in [0.3, 0.4) is 0 Å². The lowest BCUT2D eigenvalue weighted by molar-refractivity contribution is -0.133. The molecule has 0 atom stereocenters. The number of likely N-dealkylation sites (N-methyl/N-ethyl adjacent to an activating group) is 1. The molecule has 1 saturated carbocycles. The molecule has 2 aliphatic rings. The van der Waals surface area contributed by atoms with Crippen molar-refractivity contribution >= 4 is 35.0 Å². The highest BCUT2D eigenvalue weighted by molar-refractivity contribution is 6.31. The lowest BCUT2D eigenvalue weighted by Gasteiger charge is -2.20. The fourth-order valence-corrected chi connectivity index (χ4v) is 3.22. The molecule has 1 aliphatic carbocycles. The second-order valence-electron chi connectivity index (χ2n) is 7.13. The summed E-state index contributed by atoms with van der Waals surface area (Å²) in [7, 11) is 1.59. The fraction of sp³-hybridized carbons (Fsp3) is 0.526. The SMILES string of the molecule is CN(CC(=O)NC1CC1)C(=O)CNc1ccc(Cl)cc1C(=O)N1CCCC1. The van der Waals surface area contributed by atoms with Gasteiger partial charge < -0.3 is 20.4 Å². The van der Waals surface area contributed by atoms with Crippen LogP contribution >= 0.6 is 11.6 Å². The third-order valence-corrected chi connectivity index (χ3v) is 5.02. The summed E-state index contributed by atoms with van der Waals surface area (Å²) < 4.78 is 0. The molecule has 0 aromatic heterocycles. The van der Waals surface area contributed by atoms with Gasteiger partial charge in [-0.3, -0.25) is 14.4 Å². The summed E-state index contributed by atoms with van der Waals surface area (Å²) in [5, 5.41) is 6.35. The number of halogens is 1. The molecule has 8 heteroatoms. The fourth-order valence-electron chi connectivity index (χ4n) is 3.05. The Bertz CT molecular complexity index is 730. The van der Waals surface area contributed by atoms with E-state index in [9.17, 15) is 14.4 Å². The largest absolute Gasteiger partial charge is 0.376 e. The Balaban J connectivity index is 1.58. The van der Waals surface area contributed by atoms with Crippen LogP contribution in [0.4, 0.5) is 5.69 Å². The Morgan fingerprint density at radius 3 is 2.59 bits per heavy atom. The monoisotopic (exact) mass is 392 g/mol. The summed E-state index contributed by atoms with van der Waals surface area (Å²) in [5.41, 5.74) is 1.03. The van der Waals surface area contributed by atoms with Crippen LogP contribution in [0.1, 0.15) is 36.0 Å². The Labute approximate surface area is 164 Å². The van der Waals surface area contributed by atoms with Crippen LogP contribution in [0.5, 0.6) is 0 Å². The van der Waals surface area contributed by atoms with Gasteiger partial charge in [-0.05, 0) is 43.9 Å². The van der Waals surface area contributed by atoms with Gasteiger partial charge in [0.15, 0.2) is 0 Å². The van der Waals surface area contributed by atoms with Crippen LogP contribution in [0.2, 0.25) is 5.02 Å². The minimum atomic E-state index is -0.226. The summed E-state index contributed by atoms with van der Waals surface area (Å²) in [6.07, 6.45) is 4.02. The van der Waals surface area contributed by atoms with E-state index in [1.807, 2.05) is 0 Å². The molecular formula is C19H25ClN4O3. The lowest BCUT2D eigenvalue weighted by atomic mass is 10.1. The first-order valence-corrected chi connectivity index (χ1v) is 9.68. The van der Waals surface area contributed by atoms with Gasteiger partial charge in [0.25, 0.3) is 5.91 Å². The maximum Gasteiger partial charge on any atom is 0.256 e. The zero-order valence-electron chi connectivity index (χ0n) is 15.5. The Morgan fingerprint density at radius 1 is 1.22 bits per heavy atom. The van der Waals surface area contributed by atoms with Crippen LogP contribution in [-0.2, 0) is 9.59 Å². The zero-order chi connectivity index (χ0) is 19.4. The number of likely N-dealkylation sites (tertiary alicyclic amines) is 1. The predicted octanol–water partition coefficient (Wildman–Crippen LogP) is 1.72. The number of amides is 3. The molecule has 0 bridgehead atoms. The van der Waals surface area contributed by atoms with E-state index in [-0.39, 0.29) is 36.9 Å². The molecule has 3 rings (SSSR count). The first-order chi connectivity index (χ1) is 12.9. The maximum atomic E-state index is 12.7. The summed E-state index contributed by atoms with van der Waals surface area (Å²) >= 11 is 6.07. The Kier molecular flexibility index (Phi) is 6.21. The zero-order valence-corrected chi connectivity index (χ0v) is 16.2. The number of rotatable bonds is 7. The first-order valence-electron chi connectivity index (χ1n) is 9.30. The lowest BCUT2D eigenvalue weighted by Crippen LogP contribution is -2.41. The minimum Gasteiger partial charge on any atom is -0.376 e. The van der Waals surface area contributed by atoms with Crippen molar-refractivity contribution in [2.45, 2.75) is 31.7 Å². The third kappa shape index (κ3) is 5.35. The summed E-state index contributed by atoms with van der Waals surface area (Å²) in [5.74, 6) is -0.456. The second-order valence-corrected chi connectivity index (χ2v) is 7.57. The maximum absolute atomic E-state index is 12.7. The van der Waals surface area contributed by atoms with Crippen molar-refractivity contribution < 1.29 is 14.4 Å². The van der Waals surface area contributed by atoms with Crippen LogP contribution in [0, 0.1) is 0 Å². The number of benzene rings is 1. The highest BCUT2D eigenvalue weighted by atomic mass is 35.5. The van der Waals surface area contributed by atoms with E-state index in [4.69, 9.17) is 11.6 Å². The Morgan fingerprint density at radius 2 is 1.93 bits per heavy atom. The molecule has 7 nitrogen and oxygen atoms in total. The molecule has 0 radical (unpaired) electrons. The first kappa shape index (κ1) is 19.5. The number of nitrogens with zero attached hydrogens (tertiary/aromatic N) is 2. The molecule has 1 heterocycles. The van der Waals surface area contributed by atoms with Gasteiger partial charge in [0.1, 0.15) is 0 Å². The van der Waals surface area contributed by atoms with E-state index in [2.05, 4.69) is 10.6 Å². The van der Waals surface area contributed by atoms with Crippen LogP contribution in [-0.4, -0.2) is 66.8 Å². The normalized spacial score (nSPS) is 16.1. The van der Waals surface area contributed by atoms with E-state index in [0.29, 0.717) is 16.3 Å². The van der Waals surface area contributed by atoms with Crippen LogP contribution in [0.25, 0.3) is 0 Å². The molecule has 3 amide bonds. The second kappa shape index (κ2) is 8.61. The van der Waals surface area contributed by atoms with Gasteiger partial charge in [0, 0.05) is 36.9 Å². The Hall–Kier alpha value is -2.28. The van der Waals surface area contributed by atoms with Gasteiger partial charge in [0.2, 0.25) is 11.8 Å². The molecule has 2 fully saturated rings. The molecule has 0 unspecified atom stereocenters. The molecule has 27 heavy (non-hydrogen) atoms. The summed E-state index contributed by atoms with van der Waals surface area (Å²) in [6, 6.07) is 5.29. The van der Waals surface area contributed by atoms with Gasteiger partial charge in [-0.25, -0.2) is 0 Å². The van der Waals surface area contributed by atoms with Crippen LogP contribution < -0.4 is 10.6 Å². The minimum absolute atomic E-state index is 0.00484. The molecule has 1 saturated heterocycles. The smallest absolute Gasteiger partial charge is 0.256 e. The quantitative estimate of drug-likeness (QED) is 0.740. The predicted molar refractivity (Wildman–Crippen MR) is 104 cm³/mol. The van der Waals surface area contributed by atoms with Crippen molar-refractivity contribution in [2.24, 2.45) is 0 Å². The van der Waals surface area contributed by atoms with E-state index in [1.54, 1.807) is 30.1 Å². The van der Waals surface area contributed by atoms with Crippen molar-refractivity contribution in [3.05, 3.63) is 28.8 Å². The van der Waals surface area contributed by atoms with Gasteiger partial charge >= 0.3 is 0 Å². The van der Waals surface area contributed by atoms with Crippen molar-refractivity contribution in [1.82, 2.24) is 15.1 Å². The topological polar surface area (TPSA) is 81.8 Å². The number of hydrogen-bond acceptors (Lipinski definition) is 4. The average molecular weight is 393 g/mol. The summed E-state index contributed by atoms with van der Waals surface area (Å²) in [6.45, 7) is 1.50. The number of nitrogens with one attached hydrogen (secondary N) is 2. The average Bonchev–Trinajstić information content (AvgIpc) is 3.27. The number of carbonyl (C=O) groups excluding carboxylic acids is 3. The molecule has 1 aliphatic heterocycles. The highest BCUT2D eigenvalue weighted by Gasteiger charge is 2.25. The van der Waals surface area contributed by atoms with Gasteiger partial charge in [0.05, 0.1) is 18.7 Å².